The molecular weight excluding hydrogens is 216 g/mol. The van der Waals surface area contributed by atoms with Crippen LogP contribution >= 0.6 is 0 Å². The molecule has 1 aromatic heterocycles. The molecule has 0 spiro atoms. The van der Waals surface area contributed by atoms with Crippen molar-refractivity contribution >= 4 is 11.5 Å². The van der Waals surface area contributed by atoms with Crippen molar-refractivity contribution in [1.82, 2.24) is 4.98 Å². The number of nitrogens with one attached hydrogen (secondary N) is 2. The Hall–Kier alpha value is -1.33. The number of ether oxygens (including phenoxy) is 1. The van der Waals surface area contributed by atoms with E-state index in [2.05, 4.69) is 29.6 Å². The monoisotopic (exact) mass is 238 g/mol. The van der Waals surface area contributed by atoms with E-state index in [0.717, 1.165) is 31.9 Å². The molecule has 0 unspecified atom stereocenters. The Kier molecular flexibility index (Phi) is 6.35. The van der Waals surface area contributed by atoms with Crippen LogP contribution < -0.4 is 16.6 Å². The molecule has 0 radical (unpaired) electrons. The molecule has 1 aromatic rings. The van der Waals surface area contributed by atoms with Crippen molar-refractivity contribution in [3.63, 3.8) is 0 Å². The zero-order chi connectivity index (χ0) is 12.5. The lowest BCUT2D eigenvalue weighted by atomic mass is 10.2. The summed E-state index contributed by atoms with van der Waals surface area (Å²) in [7, 11) is 0. The molecule has 0 fully saturated rings. The number of nitrogens with two attached hydrogens (primary N) is 1. The van der Waals surface area contributed by atoms with Gasteiger partial charge in [0.1, 0.15) is 5.82 Å². The van der Waals surface area contributed by atoms with Gasteiger partial charge in [-0.3, -0.25) is 0 Å². The fourth-order valence-corrected chi connectivity index (χ4v) is 1.35. The summed E-state index contributed by atoms with van der Waals surface area (Å²) in [4.78, 5) is 4.03. The van der Waals surface area contributed by atoms with E-state index in [9.17, 15) is 0 Å². The maximum atomic E-state index is 5.49. The molecule has 96 valence electrons. The quantitative estimate of drug-likeness (QED) is 0.366. The molecule has 0 aromatic carbocycles. The maximum Gasteiger partial charge on any atom is 0.141 e. The topological polar surface area (TPSA) is 72.2 Å². The highest BCUT2D eigenvalue weighted by atomic mass is 16.5. The summed E-state index contributed by atoms with van der Waals surface area (Å²) in [6.45, 7) is 6.80. The Balaban J connectivity index is 2.13. The summed E-state index contributed by atoms with van der Waals surface area (Å²) in [5, 5.41) is 3.29. The Morgan fingerprint density at radius 2 is 2.29 bits per heavy atom. The standard InChI is InChI=1S/C12H22N4O/c1-10(2)9-17-7-3-5-14-11-4-6-15-12(8-11)16-13/h4,6,8,10H,3,5,7,9,13H2,1-2H3,(H2,14,15,16). The average Bonchev–Trinajstić information content (AvgIpc) is 2.33. The molecule has 0 bridgehead atoms. The minimum Gasteiger partial charge on any atom is -0.385 e. The third kappa shape index (κ3) is 6.09. The van der Waals surface area contributed by atoms with E-state index in [1.54, 1.807) is 6.20 Å². The molecule has 0 aliphatic heterocycles. The number of nitrogens with zero attached hydrogens (tertiary/aromatic N) is 1. The van der Waals surface area contributed by atoms with Gasteiger partial charge in [-0.2, -0.15) is 0 Å². The average molecular weight is 238 g/mol. The molecule has 1 rings (SSSR count). The molecule has 0 saturated heterocycles. The van der Waals surface area contributed by atoms with E-state index in [4.69, 9.17) is 10.6 Å². The number of hydrogen-bond donors (Lipinski definition) is 3. The lowest BCUT2D eigenvalue weighted by Gasteiger charge is -2.09. The first-order chi connectivity index (χ1) is 8.22. The summed E-state index contributed by atoms with van der Waals surface area (Å²) in [5.41, 5.74) is 3.53. The van der Waals surface area contributed by atoms with Crippen LogP contribution in [0.4, 0.5) is 11.5 Å². The summed E-state index contributed by atoms with van der Waals surface area (Å²) in [5.74, 6) is 6.54. The van der Waals surface area contributed by atoms with Crippen molar-refractivity contribution < 1.29 is 4.74 Å². The van der Waals surface area contributed by atoms with Gasteiger partial charge in [-0.15, -0.1) is 0 Å². The SMILES string of the molecule is CC(C)COCCCNc1ccnc(NN)c1. The van der Waals surface area contributed by atoms with Crippen molar-refractivity contribution in [2.24, 2.45) is 11.8 Å². The Morgan fingerprint density at radius 3 is 3.00 bits per heavy atom. The number of nitrogen functional groups attached to an aromatic ring is 1. The number of aromatic nitrogens is 1. The largest absolute Gasteiger partial charge is 0.385 e. The third-order valence-corrected chi connectivity index (χ3v) is 2.15. The van der Waals surface area contributed by atoms with Crippen LogP contribution in [-0.2, 0) is 4.74 Å². The molecule has 0 amide bonds. The Morgan fingerprint density at radius 1 is 1.47 bits per heavy atom. The highest BCUT2D eigenvalue weighted by molar-refractivity contribution is 5.51. The van der Waals surface area contributed by atoms with E-state index < -0.39 is 0 Å². The number of anilines is 2. The molecule has 5 heteroatoms. The van der Waals surface area contributed by atoms with Crippen molar-refractivity contribution in [2.75, 3.05) is 30.5 Å². The second kappa shape index (κ2) is 7.86. The van der Waals surface area contributed by atoms with Crippen LogP contribution in [0.1, 0.15) is 20.3 Å². The first-order valence-corrected chi connectivity index (χ1v) is 5.96. The number of rotatable bonds is 8. The highest BCUT2D eigenvalue weighted by Crippen LogP contribution is 2.10. The summed E-state index contributed by atoms with van der Waals surface area (Å²) in [6, 6.07) is 3.78. The first-order valence-electron chi connectivity index (χ1n) is 5.96. The highest BCUT2D eigenvalue weighted by Gasteiger charge is 1.96. The van der Waals surface area contributed by atoms with Crippen LogP contribution in [0.25, 0.3) is 0 Å². The van der Waals surface area contributed by atoms with Crippen LogP contribution in [0.2, 0.25) is 0 Å². The van der Waals surface area contributed by atoms with Gasteiger partial charge in [0, 0.05) is 37.7 Å². The number of hydrogen-bond acceptors (Lipinski definition) is 5. The van der Waals surface area contributed by atoms with Crippen LogP contribution in [0, 0.1) is 5.92 Å². The zero-order valence-electron chi connectivity index (χ0n) is 10.6. The van der Waals surface area contributed by atoms with Crippen molar-refractivity contribution in [1.29, 1.82) is 0 Å². The van der Waals surface area contributed by atoms with Crippen LogP contribution in [0.3, 0.4) is 0 Å². The Bertz CT molecular complexity index is 317. The molecule has 0 atom stereocenters. The Labute approximate surface area is 103 Å². The van der Waals surface area contributed by atoms with E-state index in [1.807, 2.05) is 12.1 Å². The number of pyridine rings is 1. The molecular formula is C12H22N4O. The second-order valence-electron chi connectivity index (χ2n) is 4.32. The van der Waals surface area contributed by atoms with Gasteiger partial charge in [-0.25, -0.2) is 10.8 Å². The predicted octanol–water partition coefficient (Wildman–Crippen LogP) is 1.84. The predicted molar refractivity (Wildman–Crippen MR) is 70.8 cm³/mol. The molecule has 0 aliphatic rings. The molecule has 17 heavy (non-hydrogen) atoms. The minimum absolute atomic E-state index is 0.598. The minimum atomic E-state index is 0.598. The normalized spacial score (nSPS) is 10.6. The summed E-state index contributed by atoms with van der Waals surface area (Å²) >= 11 is 0. The van der Waals surface area contributed by atoms with E-state index in [0.29, 0.717) is 11.7 Å². The molecule has 4 N–H and O–H groups in total. The van der Waals surface area contributed by atoms with Gasteiger partial charge in [-0.1, -0.05) is 13.8 Å². The fraction of sp³-hybridized carbons (Fsp3) is 0.583. The zero-order valence-corrected chi connectivity index (χ0v) is 10.6. The summed E-state index contributed by atoms with van der Waals surface area (Å²) < 4.78 is 5.49. The van der Waals surface area contributed by atoms with E-state index >= 15 is 0 Å². The van der Waals surface area contributed by atoms with E-state index in [-0.39, 0.29) is 0 Å². The molecule has 0 saturated carbocycles. The summed E-state index contributed by atoms with van der Waals surface area (Å²) in [6.07, 6.45) is 2.70. The van der Waals surface area contributed by atoms with Crippen molar-refractivity contribution in [2.45, 2.75) is 20.3 Å². The maximum absolute atomic E-state index is 5.49. The van der Waals surface area contributed by atoms with Crippen molar-refractivity contribution in [3.8, 4) is 0 Å². The fourth-order valence-electron chi connectivity index (χ4n) is 1.35. The van der Waals surface area contributed by atoms with E-state index in [1.165, 1.54) is 0 Å². The van der Waals surface area contributed by atoms with Gasteiger partial charge in [-0.05, 0) is 18.4 Å². The molecule has 1 heterocycles. The lowest BCUT2D eigenvalue weighted by Crippen LogP contribution is -2.10. The van der Waals surface area contributed by atoms with Gasteiger partial charge in [0.15, 0.2) is 0 Å². The van der Waals surface area contributed by atoms with Crippen LogP contribution in [-0.4, -0.2) is 24.7 Å². The van der Waals surface area contributed by atoms with Gasteiger partial charge in [0.2, 0.25) is 0 Å². The third-order valence-electron chi connectivity index (χ3n) is 2.15. The molecule has 0 aliphatic carbocycles. The van der Waals surface area contributed by atoms with Gasteiger partial charge in [0.25, 0.3) is 0 Å². The smallest absolute Gasteiger partial charge is 0.141 e. The lowest BCUT2D eigenvalue weighted by molar-refractivity contribution is 0.110. The van der Waals surface area contributed by atoms with Gasteiger partial charge in [0.05, 0.1) is 0 Å². The second-order valence-corrected chi connectivity index (χ2v) is 4.32. The van der Waals surface area contributed by atoms with Gasteiger partial charge < -0.3 is 15.5 Å². The van der Waals surface area contributed by atoms with Gasteiger partial charge >= 0.3 is 0 Å². The molecule has 5 nitrogen and oxygen atoms in total. The van der Waals surface area contributed by atoms with Crippen molar-refractivity contribution in [3.05, 3.63) is 18.3 Å². The van der Waals surface area contributed by atoms with Crippen LogP contribution in [0.5, 0.6) is 0 Å². The number of hydrazine groups is 1. The first kappa shape index (κ1) is 13.7. The van der Waals surface area contributed by atoms with Crippen LogP contribution in [0.15, 0.2) is 18.3 Å².